The van der Waals surface area contributed by atoms with Crippen LogP contribution in [-0.4, -0.2) is 218 Å². The van der Waals surface area contributed by atoms with Crippen molar-refractivity contribution in [2.24, 2.45) is 30.4 Å². The molecule has 0 aromatic heterocycles. The number of thioether (sulfide) groups is 1. The van der Waals surface area contributed by atoms with Gasteiger partial charge in [-0.05, 0) is 148 Å². The summed E-state index contributed by atoms with van der Waals surface area (Å²) >= 11 is 11.2. The number of rotatable bonds is 1. The van der Waals surface area contributed by atoms with Crippen molar-refractivity contribution >= 4 is 108 Å². The average molecular weight is 1080 g/mol. The molecule has 0 aliphatic rings. The Balaban J connectivity index is -0.0000000297. The number of ether oxygens (including phenoxy) is 2. The van der Waals surface area contributed by atoms with Crippen molar-refractivity contribution in [1.82, 2.24) is 9.80 Å². The minimum Gasteiger partial charge on any atom is -0.469 e. The van der Waals surface area contributed by atoms with E-state index >= 15 is 0 Å². The van der Waals surface area contributed by atoms with E-state index in [1.54, 1.807) is 107 Å². The molecule has 0 N–H and O–H groups in total. The first-order valence-corrected chi connectivity index (χ1v) is 30.5. The fraction of sp³-hybridized carbons (Fsp3) is 0.795. The molecular weight excluding hydrogens is 976 g/mol. The van der Waals surface area contributed by atoms with Gasteiger partial charge in [-0.15, -0.1) is 0 Å². The molecule has 412 valence electrons. The zero-order valence-electron chi connectivity index (χ0n) is 49.4. The number of hydrogen-bond donors (Lipinski definition) is 0. The number of amides is 1. The van der Waals surface area contributed by atoms with Crippen LogP contribution in [0.4, 0.5) is 4.39 Å². The van der Waals surface area contributed by atoms with Crippen LogP contribution in [-0.2, 0) is 51.0 Å². The highest BCUT2D eigenvalue weighted by Gasteiger charge is 2.02. The van der Waals surface area contributed by atoms with Crippen LogP contribution in [0.15, 0.2) is 30.4 Å². The number of Topliss-reactive ketones (excluding diaryl/α,β-unsaturated/α-hetero) is 1. The number of thiocarbonyl (C=S) groups is 1. The molecule has 0 radical (unpaired) electrons. The summed E-state index contributed by atoms with van der Waals surface area (Å²) in [5.74, 6) is 0.0139. The van der Waals surface area contributed by atoms with Gasteiger partial charge in [0.15, 0.2) is 0 Å². The number of hydrogen-bond acceptors (Lipinski definition) is 18. The van der Waals surface area contributed by atoms with E-state index in [-0.39, 0.29) is 17.7 Å². The van der Waals surface area contributed by atoms with Gasteiger partial charge in [-0.25, -0.2) is 4.39 Å². The van der Waals surface area contributed by atoms with Crippen molar-refractivity contribution in [2.75, 3.05) is 150 Å². The molecule has 67 heavy (non-hydrogen) atoms. The molecule has 0 heterocycles. The van der Waals surface area contributed by atoms with Crippen LogP contribution >= 0.6 is 37.2 Å². The van der Waals surface area contributed by atoms with Crippen molar-refractivity contribution in [3.8, 4) is 6.07 Å². The number of nitrogens with zero attached hydrogens (tertiary/aromatic N) is 9. The Kier molecular flexibility index (Phi) is 167. The maximum absolute atomic E-state index is 11.7. The third-order valence-electron chi connectivity index (χ3n) is 1.66. The Labute approximate surface area is 433 Å². The Bertz CT molecular complexity index is 1140. The van der Waals surface area contributed by atoms with E-state index in [2.05, 4.69) is 92.3 Å². The van der Waals surface area contributed by atoms with Crippen LogP contribution in [0.1, 0.15) is 83.1 Å². The number of halogens is 1. The quantitative estimate of drug-likeness (QED) is 0.0600. The van der Waals surface area contributed by atoms with Crippen LogP contribution in [0, 0.1) is 11.3 Å². The number of nitriles is 1. The zero-order chi connectivity index (χ0) is 59.2. The standard InChI is InChI=1S/C4H9F.C4H9NO.C4H9N.C3H9N.C3H6O2.C3H9OP.C3H6O.C3H9PS.C3H6S.C2H6N2.C2H4N2.C2H5N.C2H3N.C2H6OS.C2H6O.C2H6S/c1-4(2,3)5;1-4(6)5(2)3;1-4(2)5-3;1-4(2)3;1-3(4)5-2;1-5(2,3)4;1-3(2)4;1-4(2,3)5;1-3(2)4;2*1-3-4-2;1-3-2;1-2-3;1-4(2)3;2*1-3-2/h1-3H3;1-3H3;1-3H3;1-3H3;1-2H3;1-3H3;1-2H3;1-3H3;2*1-2H3;1-2H2;1H2,2H3;1H3;1-2H3;2*1-2H3. The number of ketones is 1. The second-order valence-corrected chi connectivity index (χ2v) is 29.0. The minimum atomic E-state index is -1.64. The van der Waals surface area contributed by atoms with Gasteiger partial charge in [0.1, 0.15) is 11.5 Å². The molecule has 16 nitrogen and oxygen atoms in total. The highest BCUT2D eigenvalue weighted by molar-refractivity contribution is 8.13. The second kappa shape index (κ2) is 101. The normalized spacial score (nSPS) is 7.94. The highest BCUT2D eigenvalue weighted by atomic mass is 32.4. The third-order valence-corrected chi connectivity index (χ3v) is 1.66. The summed E-state index contributed by atoms with van der Waals surface area (Å²) in [5, 5.41) is 20.0. The predicted molar refractivity (Wildman–Crippen MR) is 320 cm³/mol. The van der Waals surface area contributed by atoms with Crippen LogP contribution in [0.3, 0.4) is 0 Å². The van der Waals surface area contributed by atoms with Crippen molar-refractivity contribution < 1.29 is 37.0 Å². The molecule has 0 aromatic carbocycles. The van der Waals surface area contributed by atoms with E-state index in [9.17, 15) is 27.5 Å². The Hall–Kier alpha value is -2.30. The van der Waals surface area contributed by atoms with E-state index in [1.165, 1.54) is 67.4 Å². The molecular formula is C44H108FN9O7P2S4. The largest absolute Gasteiger partial charge is 0.469 e. The molecule has 0 unspecified atom stereocenters. The first-order valence-electron chi connectivity index (χ1n) is 19.3. The molecule has 23 heteroatoms. The Morgan fingerprint density at radius 3 is 0.836 bits per heavy atom. The van der Waals surface area contributed by atoms with Crippen molar-refractivity contribution in [3.63, 3.8) is 0 Å². The number of carbonyl (C=O) groups excluding carboxylic acids is 3. The maximum Gasteiger partial charge on any atom is 0.302 e. The van der Waals surface area contributed by atoms with Gasteiger partial charge in [0.2, 0.25) is 5.91 Å². The Morgan fingerprint density at radius 2 is 0.836 bits per heavy atom. The molecule has 0 aliphatic carbocycles. The summed E-state index contributed by atoms with van der Waals surface area (Å²) in [7, 11) is 18.5. The summed E-state index contributed by atoms with van der Waals surface area (Å²) in [6.07, 6.45) is 7.36. The van der Waals surface area contributed by atoms with Gasteiger partial charge in [0.25, 0.3) is 0 Å². The predicted octanol–water partition coefficient (Wildman–Crippen LogP) is 11.0. The van der Waals surface area contributed by atoms with Crippen LogP contribution in [0.2, 0.25) is 0 Å². The smallest absolute Gasteiger partial charge is 0.302 e. The van der Waals surface area contributed by atoms with Crippen LogP contribution < -0.4 is 0 Å². The molecule has 0 spiro atoms. The lowest BCUT2D eigenvalue weighted by atomic mass is 10.2. The van der Waals surface area contributed by atoms with Gasteiger partial charge in [0.05, 0.1) is 20.3 Å². The summed E-state index contributed by atoms with van der Waals surface area (Å²) in [4.78, 5) is 40.7. The van der Waals surface area contributed by atoms with E-state index in [4.69, 9.17) is 17.1 Å². The number of aliphatic imine (C=N–C) groups is 2. The molecule has 0 saturated carbocycles. The molecule has 0 aromatic rings. The topological polar surface area (TPSA) is 208 Å². The maximum atomic E-state index is 11.7. The number of carbonyl (C=O) groups is 3. The van der Waals surface area contributed by atoms with Gasteiger partial charge in [-0.1, -0.05) is 30.1 Å². The lowest BCUT2D eigenvalue weighted by Gasteiger charge is -2.02. The summed E-state index contributed by atoms with van der Waals surface area (Å²) in [5.41, 5.74) is 0.130. The number of azo groups is 1. The van der Waals surface area contributed by atoms with E-state index in [0.717, 1.165) is 10.6 Å². The molecule has 0 bridgehead atoms. The van der Waals surface area contributed by atoms with E-state index in [1.807, 2.05) is 66.2 Å². The van der Waals surface area contributed by atoms with E-state index < -0.39 is 29.6 Å². The van der Waals surface area contributed by atoms with Crippen molar-refractivity contribution in [1.29, 1.82) is 5.26 Å². The summed E-state index contributed by atoms with van der Waals surface area (Å²) in [6.45, 7) is 40.4. The second-order valence-electron chi connectivity index (χ2n) is 15.1. The number of esters is 1. The zero-order valence-corrected chi connectivity index (χ0v) is 54.5. The van der Waals surface area contributed by atoms with Gasteiger partial charge in [-0.3, -0.25) is 18.8 Å². The molecule has 0 rings (SSSR count). The Morgan fingerprint density at radius 1 is 0.761 bits per heavy atom. The van der Waals surface area contributed by atoms with Crippen LogP contribution in [0.5, 0.6) is 0 Å². The van der Waals surface area contributed by atoms with Crippen LogP contribution in [0.25, 0.3) is 0 Å². The molecule has 0 atom stereocenters. The molecule has 0 fully saturated rings. The molecule has 0 saturated heterocycles. The lowest BCUT2D eigenvalue weighted by molar-refractivity contribution is -0.138. The molecule has 1 amide bonds. The van der Waals surface area contributed by atoms with E-state index in [0.29, 0.717) is 0 Å². The van der Waals surface area contributed by atoms with Gasteiger partial charge >= 0.3 is 5.97 Å². The molecule has 0 aliphatic heterocycles. The SMILES string of the molecule is C=NC.C=NN=C.CC#N.CC(=O)N(C)C.CC(C)(C)F.CC(C)=O.CC(C)=S.CN(C)C.CN=C(C)C.CN=NC.COC.COC(C)=O.CP(C)(C)=O.CP(C)(C)=S.CS(C)=O.CSC. The van der Waals surface area contributed by atoms with Gasteiger partial charge in [0, 0.05) is 120 Å². The van der Waals surface area contributed by atoms with Crippen molar-refractivity contribution in [2.45, 2.75) is 88.8 Å². The average Bonchev–Trinajstić information content (AvgIpc) is 3.07. The summed E-state index contributed by atoms with van der Waals surface area (Å²) in [6, 6.07) is 0.944. The highest BCUT2D eigenvalue weighted by Crippen LogP contribution is 2.29. The minimum absolute atomic E-state index is 0.0926. The fourth-order valence-electron chi connectivity index (χ4n) is 0. The fourth-order valence-corrected chi connectivity index (χ4v) is 0. The number of alkyl halides is 1. The monoisotopic (exact) mass is 1080 g/mol. The van der Waals surface area contributed by atoms with Gasteiger partial charge in [-0.2, -0.15) is 37.5 Å². The first-order chi connectivity index (χ1) is 29.6. The van der Waals surface area contributed by atoms with Crippen molar-refractivity contribution in [3.05, 3.63) is 0 Å². The third kappa shape index (κ3) is 4090. The number of methoxy groups -OCH3 is 2. The first kappa shape index (κ1) is 111. The van der Waals surface area contributed by atoms with Gasteiger partial charge < -0.3 is 33.6 Å². The lowest BCUT2D eigenvalue weighted by Crippen LogP contribution is -2.17. The summed E-state index contributed by atoms with van der Waals surface area (Å²) < 4.78 is 39.8.